The molecule has 0 atom stereocenters. The van der Waals surface area contributed by atoms with E-state index in [1.54, 1.807) is 11.3 Å². The topological polar surface area (TPSA) is 61.8 Å². The van der Waals surface area contributed by atoms with Crippen molar-refractivity contribution < 1.29 is 5.21 Å². The normalized spacial score (nSPS) is 11.6. The number of hydrogen-bond donors (Lipinski definition) is 2. The van der Waals surface area contributed by atoms with Gasteiger partial charge in [-0.25, -0.2) is 0 Å². The summed E-state index contributed by atoms with van der Waals surface area (Å²) in [5.74, 6) is 0.0969. The highest BCUT2D eigenvalue weighted by Crippen LogP contribution is 2.28. The number of oxime groups is 1. The molecule has 0 spiro atoms. The van der Waals surface area contributed by atoms with Crippen molar-refractivity contribution >= 4 is 38.8 Å². The maximum Gasteiger partial charge on any atom is 0.173 e. The average molecular weight is 340 g/mol. The smallest absolute Gasteiger partial charge is 0.173 e. The Morgan fingerprint density at radius 2 is 2.26 bits per heavy atom. The second-order valence-corrected chi connectivity index (χ2v) is 5.74. The number of amidine groups is 1. The predicted octanol–water partition coefficient (Wildman–Crippen LogP) is 3.24. The molecule has 0 saturated carbocycles. The Kier molecular flexibility index (Phi) is 4.44. The second kappa shape index (κ2) is 6.08. The Morgan fingerprint density at radius 1 is 1.47 bits per heavy atom. The molecule has 2 aromatic rings. The summed E-state index contributed by atoms with van der Waals surface area (Å²) >= 11 is 5.11. The minimum atomic E-state index is 0.0969. The molecule has 6 heteroatoms. The van der Waals surface area contributed by atoms with E-state index in [1.807, 2.05) is 25.2 Å². The van der Waals surface area contributed by atoms with Gasteiger partial charge in [-0.1, -0.05) is 11.2 Å². The van der Waals surface area contributed by atoms with Crippen molar-refractivity contribution in [2.24, 2.45) is 10.9 Å². The molecule has 0 fully saturated rings. The van der Waals surface area contributed by atoms with E-state index in [1.165, 1.54) is 5.56 Å². The third-order valence-electron chi connectivity index (χ3n) is 2.77. The summed E-state index contributed by atoms with van der Waals surface area (Å²) in [7, 11) is 1.98. The molecule has 0 aliphatic carbocycles. The number of benzene rings is 1. The maximum atomic E-state index is 8.90. The molecule has 1 heterocycles. The Balaban J connectivity index is 2.36. The van der Waals surface area contributed by atoms with Crippen LogP contribution in [0.25, 0.3) is 0 Å². The molecular formula is C13H14BrN3OS. The van der Waals surface area contributed by atoms with Crippen molar-refractivity contribution in [2.75, 3.05) is 11.9 Å². The number of nitrogens with two attached hydrogens (primary N) is 1. The fourth-order valence-corrected chi connectivity index (χ4v) is 3.09. The summed E-state index contributed by atoms with van der Waals surface area (Å²) < 4.78 is 0.803. The van der Waals surface area contributed by atoms with E-state index in [0.29, 0.717) is 5.56 Å². The first kappa shape index (κ1) is 13.9. The van der Waals surface area contributed by atoms with E-state index < -0.39 is 0 Å². The van der Waals surface area contributed by atoms with Crippen molar-refractivity contribution in [2.45, 2.75) is 6.54 Å². The van der Waals surface area contributed by atoms with Gasteiger partial charge in [0.1, 0.15) is 0 Å². The van der Waals surface area contributed by atoms with Crippen LogP contribution in [0.5, 0.6) is 0 Å². The van der Waals surface area contributed by atoms with Gasteiger partial charge in [0.05, 0.1) is 5.56 Å². The van der Waals surface area contributed by atoms with E-state index >= 15 is 0 Å². The van der Waals surface area contributed by atoms with Crippen LogP contribution in [0.15, 0.2) is 44.7 Å². The predicted molar refractivity (Wildman–Crippen MR) is 83.1 cm³/mol. The van der Waals surface area contributed by atoms with Gasteiger partial charge in [-0.05, 0) is 50.5 Å². The van der Waals surface area contributed by atoms with Crippen LogP contribution in [-0.2, 0) is 6.54 Å². The summed E-state index contributed by atoms with van der Waals surface area (Å²) in [5.41, 5.74) is 8.60. The summed E-state index contributed by atoms with van der Waals surface area (Å²) in [5, 5.41) is 16.2. The highest BCUT2D eigenvalue weighted by Gasteiger charge is 2.14. The molecule has 100 valence electrons. The van der Waals surface area contributed by atoms with Gasteiger partial charge in [-0.3, -0.25) is 0 Å². The Hall–Kier alpha value is -1.53. The summed E-state index contributed by atoms with van der Waals surface area (Å²) in [6.45, 7) is 0.770. The monoisotopic (exact) mass is 339 g/mol. The zero-order chi connectivity index (χ0) is 13.8. The zero-order valence-electron chi connectivity index (χ0n) is 10.4. The first-order valence-electron chi connectivity index (χ1n) is 5.62. The lowest BCUT2D eigenvalue weighted by atomic mass is 10.1. The van der Waals surface area contributed by atoms with Crippen LogP contribution in [0.2, 0.25) is 0 Å². The summed E-state index contributed by atoms with van der Waals surface area (Å²) in [6, 6.07) is 7.83. The molecule has 0 aliphatic rings. The molecule has 4 nitrogen and oxygen atoms in total. The van der Waals surface area contributed by atoms with Gasteiger partial charge in [0.25, 0.3) is 0 Å². The number of thiophene rings is 1. The fraction of sp³-hybridized carbons (Fsp3) is 0.154. The second-order valence-electron chi connectivity index (χ2n) is 4.11. The lowest BCUT2D eigenvalue weighted by molar-refractivity contribution is 0.318. The van der Waals surface area contributed by atoms with Crippen molar-refractivity contribution in [3.63, 3.8) is 0 Å². The first-order valence-corrected chi connectivity index (χ1v) is 7.35. The van der Waals surface area contributed by atoms with E-state index in [0.717, 1.165) is 16.7 Å². The molecule has 0 amide bonds. The SMILES string of the molecule is CN(Cc1ccsc1)c1cccc(Br)c1/C(N)=N/O. The minimum Gasteiger partial charge on any atom is -0.409 e. The number of rotatable bonds is 4. The quantitative estimate of drug-likeness (QED) is 0.389. The molecule has 2 rings (SSSR count). The number of nitrogens with zero attached hydrogens (tertiary/aromatic N) is 2. The van der Waals surface area contributed by atoms with Crippen molar-refractivity contribution in [1.82, 2.24) is 0 Å². The number of hydrogen-bond acceptors (Lipinski definition) is 4. The largest absolute Gasteiger partial charge is 0.409 e. The van der Waals surface area contributed by atoms with Gasteiger partial charge in [-0.15, -0.1) is 0 Å². The van der Waals surface area contributed by atoms with Gasteiger partial charge < -0.3 is 15.8 Å². The van der Waals surface area contributed by atoms with Crippen LogP contribution in [-0.4, -0.2) is 18.1 Å². The van der Waals surface area contributed by atoms with Gasteiger partial charge in [0.15, 0.2) is 5.84 Å². The van der Waals surface area contributed by atoms with Crippen LogP contribution < -0.4 is 10.6 Å². The van der Waals surface area contributed by atoms with E-state index in [9.17, 15) is 0 Å². The molecular weight excluding hydrogens is 326 g/mol. The zero-order valence-corrected chi connectivity index (χ0v) is 12.8. The van der Waals surface area contributed by atoms with E-state index in [2.05, 4.69) is 42.8 Å². The minimum absolute atomic E-state index is 0.0969. The third-order valence-corrected chi connectivity index (χ3v) is 4.16. The summed E-state index contributed by atoms with van der Waals surface area (Å²) in [6.07, 6.45) is 0. The highest BCUT2D eigenvalue weighted by molar-refractivity contribution is 9.10. The molecule has 1 aromatic carbocycles. The van der Waals surface area contributed by atoms with Crippen molar-refractivity contribution in [3.8, 4) is 0 Å². The molecule has 1 aromatic heterocycles. The Bertz CT molecular complexity index is 584. The lowest BCUT2D eigenvalue weighted by Crippen LogP contribution is -2.22. The van der Waals surface area contributed by atoms with Gasteiger partial charge in [0, 0.05) is 23.8 Å². The Morgan fingerprint density at radius 3 is 2.89 bits per heavy atom. The maximum absolute atomic E-state index is 8.90. The van der Waals surface area contributed by atoms with Crippen LogP contribution in [0.1, 0.15) is 11.1 Å². The molecule has 3 N–H and O–H groups in total. The van der Waals surface area contributed by atoms with Gasteiger partial charge in [-0.2, -0.15) is 11.3 Å². The average Bonchev–Trinajstić information content (AvgIpc) is 2.90. The van der Waals surface area contributed by atoms with Gasteiger partial charge in [0.2, 0.25) is 0 Å². The molecule has 0 unspecified atom stereocenters. The van der Waals surface area contributed by atoms with Crippen LogP contribution in [0, 0.1) is 0 Å². The van der Waals surface area contributed by atoms with Crippen LogP contribution in [0.3, 0.4) is 0 Å². The molecule has 0 bridgehead atoms. The number of halogens is 1. The molecule has 0 saturated heterocycles. The van der Waals surface area contributed by atoms with E-state index in [-0.39, 0.29) is 5.84 Å². The fourth-order valence-electron chi connectivity index (χ4n) is 1.88. The van der Waals surface area contributed by atoms with Crippen molar-refractivity contribution in [3.05, 3.63) is 50.6 Å². The van der Waals surface area contributed by atoms with E-state index in [4.69, 9.17) is 10.9 Å². The number of anilines is 1. The molecule has 0 radical (unpaired) electrons. The first-order chi connectivity index (χ1) is 9.13. The van der Waals surface area contributed by atoms with Crippen LogP contribution in [0.4, 0.5) is 5.69 Å². The molecule has 19 heavy (non-hydrogen) atoms. The standard InChI is InChI=1S/C13H14BrN3OS/c1-17(7-9-5-6-19-8-9)11-4-2-3-10(14)12(11)13(15)16-18/h2-6,8,18H,7H2,1H3,(H2,15,16). The lowest BCUT2D eigenvalue weighted by Gasteiger charge is -2.22. The Labute approximate surface area is 124 Å². The van der Waals surface area contributed by atoms with Gasteiger partial charge >= 0.3 is 0 Å². The third kappa shape index (κ3) is 3.08. The highest BCUT2D eigenvalue weighted by atomic mass is 79.9. The molecule has 0 aliphatic heterocycles. The van der Waals surface area contributed by atoms with Crippen LogP contribution >= 0.6 is 27.3 Å². The van der Waals surface area contributed by atoms with Crippen molar-refractivity contribution in [1.29, 1.82) is 0 Å². The summed E-state index contributed by atoms with van der Waals surface area (Å²) in [4.78, 5) is 2.07.